The van der Waals surface area contributed by atoms with Crippen LogP contribution in [-0.4, -0.2) is 70.3 Å². The van der Waals surface area contributed by atoms with Gasteiger partial charge in [0, 0.05) is 28.8 Å². The maximum Gasteiger partial charge on any atom is 0.355 e. The smallest absolute Gasteiger partial charge is 0.355 e. The third kappa shape index (κ3) is 5.21. The summed E-state index contributed by atoms with van der Waals surface area (Å²) >= 11 is 3.43. The van der Waals surface area contributed by atoms with Gasteiger partial charge in [0.05, 0.1) is 18.2 Å². The first-order chi connectivity index (χ1) is 16.7. The number of hydrogen-bond donors (Lipinski definition) is 2. The van der Waals surface area contributed by atoms with E-state index in [1.165, 1.54) is 4.90 Å². The van der Waals surface area contributed by atoms with E-state index in [4.69, 9.17) is 4.74 Å². The van der Waals surface area contributed by atoms with Crippen molar-refractivity contribution in [1.82, 2.24) is 14.8 Å². The summed E-state index contributed by atoms with van der Waals surface area (Å²) in [4.78, 5) is 45.5. The molecule has 2 N–H and O–H groups in total. The number of aryl methyl sites for hydroxylation is 1. The summed E-state index contributed by atoms with van der Waals surface area (Å²) in [6, 6.07) is 6.59. The summed E-state index contributed by atoms with van der Waals surface area (Å²) in [6.45, 7) is 12.0. The molecule has 1 aromatic carbocycles. The monoisotopic (exact) mass is 545 g/mol. The van der Waals surface area contributed by atoms with Gasteiger partial charge in [-0.3, -0.25) is 9.59 Å². The Labute approximate surface area is 214 Å². The third-order valence-electron chi connectivity index (χ3n) is 6.43. The second kappa shape index (κ2) is 11.2. The summed E-state index contributed by atoms with van der Waals surface area (Å²) in [5.41, 5.74) is 2.23. The number of H-pyrrole nitrogens is 1. The van der Waals surface area contributed by atoms with Gasteiger partial charge in [-0.05, 0) is 57.1 Å². The molecule has 35 heavy (non-hydrogen) atoms. The van der Waals surface area contributed by atoms with Gasteiger partial charge in [-0.25, -0.2) is 4.79 Å². The van der Waals surface area contributed by atoms with Crippen LogP contribution in [0.3, 0.4) is 0 Å². The summed E-state index contributed by atoms with van der Waals surface area (Å²) in [5.74, 6) is -2.24. The molecule has 0 spiro atoms. The molecule has 1 saturated heterocycles. The zero-order valence-electron chi connectivity index (χ0n) is 20.8. The molecule has 0 bridgehead atoms. The third-order valence-corrected chi connectivity index (χ3v) is 6.96. The number of Topliss-reactive ketones (excluding diaryl/α,β-unsaturated/α-hetero) is 1. The summed E-state index contributed by atoms with van der Waals surface area (Å²) in [5, 5.41) is 11.5. The first-order valence-corrected chi connectivity index (χ1v) is 12.6. The van der Waals surface area contributed by atoms with Crippen molar-refractivity contribution >= 4 is 39.3 Å². The van der Waals surface area contributed by atoms with E-state index in [9.17, 15) is 19.5 Å². The van der Waals surface area contributed by atoms with Crippen LogP contribution in [0.4, 0.5) is 0 Å². The number of esters is 1. The van der Waals surface area contributed by atoms with E-state index >= 15 is 0 Å². The van der Waals surface area contributed by atoms with Crippen molar-refractivity contribution in [2.75, 3.05) is 32.8 Å². The number of aliphatic hydroxyl groups excluding tert-OH is 1. The van der Waals surface area contributed by atoms with Crippen LogP contribution in [0.5, 0.6) is 0 Å². The molecule has 8 nitrogen and oxygen atoms in total. The van der Waals surface area contributed by atoms with Gasteiger partial charge in [-0.15, -0.1) is 0 Å². The van der Waals surface area contributed by atoms with E-state index in [1.807, 2.05) is 38.1 Å². The van der Waals surface area contributed by atoms with Crippen LogP contribution in [0, 0.1) is 13.8 Å². The number of aromatic amines is 1. The number of ether oxygens (including phenoxy) is 1. The molecule has 0 saturated carbocycles. The van der Waals surface area contributed by atoms with E-state index in [2.05, 4.69) is 25.8 Å². The van der Waals surface area contributed by atoms with Gasteiger partial charge in [0.1, 0.15) is 11.5 Å². The second-order valence-electron chi connectivity index (χ2n) is 8.42. The Kier molecular flexibility index (Phi) is 8.56. The number of benzene rings is 1. The lowest BCUT2D eigenvalue weighted by molar-refractivity contribution is -0.140. The van der Waals surface area contributed by atoms with E-state index in [1.54, 1.807) is 20.8 Å². The number of likely N-dealkylation sites (tertiary alicyclic amines) is 1. The van der Waals surface area contributed by atoms with Crippen LogP contribution in [0.25, 0.3) is 5.76 Å². The maximum absolute atomic E-state index is 13.3. The van der Waals surface area contributed by atoms with Crippen LogP contribution in [0.15, 0.2) is 34.3 Å². The van der Waals surface area contributed by atoms with Gasteiger partial charge in [0.2, 0.25) is 0 Å². The molecule has 1 unspecified atom stereocenters. The van der Waals surface area contributed by atoms with Crippen molar-refractivity contribution in [3.63, 3.8) is 0 Å². The Hall–Kier alpha value is -2.91. The van der Waals surface area contributed by atoms with Crippen LogP contribution in [0.2, 0.25) is 0 Å². The van der Waals surface area contributed by atoms with Gasteiger partial charge in [0.25, 0.3) is 11.7 Å². The molecule has 1 amide bonds. The van der Waals surface area contributed by atoms with E-state index < -0.39 is 23.7 Å². The van der Waals surface area contributed by atoms with Gasteiger partial charge >= 0.3 is 5.97 Å². The highest BCUT2D eigenvalue weighted by Crippen LogP contribution is 2.41. The highest BCUT2D eigenvalue weighted by Gasteiger charge is 2.46. The van der Waals surface area contributed by atoms with Crippen molar-refractivity contribution in [1.29, 1.82) is 0 Å². The molecule has 2 heterocycles. The number of likely N-dealkylation sites (N-methyl/N-ethyl adjacent to an activating group) is 1. The highest BCUT2D eigenvalue weighted by atomic mass is 79.9. The van der Waals surface area contributed by atoms with E-state index in [-0.39, 0.29) is 23.6 Å². The topological polar surface area (TPSA) is 103 Å². The normalized spacial score (nSPS) is 17.5. The summed E-state index contributed by atoms with van der Waals surface area (Å²) in [6.07, 6.45) is 0. The molecular formula is C26H32BrN3O5. The van der Waals surface area contributed by atoms with Crippen LogP contribution >= 0.6 is 15.9 Å². The molecule has 1 fully saturated rings. The standard InChI is InChI=1S/C26H32BrN3O5/c1-6-29(7-2)13-14-30-22(17-9-11-18(27)12-10-17)20(24(32)25(30)33)23(31)19-15(4)21(28-16(19)5)26(34)35-8-3/h9-12,22,28,31H,6-8,13-14H2,1-5H3/b23-20+. The lowest BCUT2D eigenvalue weighted by Gasteiger charge is -2.28. The number of nitrogens with zero attached hydrogens (tertiary/aromatic N) is 2. The summed E-state index contributed by atoms with van der Waals surface area (Å²) < 4.78 is 5.97. The minimum absolute atomic E-state index is 0.0116. The fourth-order valence-corrected chi connectivity index (χ4v) is 4.80. The number of carbonyl (C=O) groups is 3. The molecule has 1 aliphatic rings. The zero-order valence-corrected chi connectivity index (χ0v) is 22.4. The SMILES string of the molecule is CCOC(=O)c1[nH]c(C)c(/C(O)=C2\C(=O)C(=O)N(CCN(CC)CC)C2c2ccc(Br)cc2)c1C. The predicted molar refractivity (Wildman–Crippen MR) is 137 cm³/mol. The number of nitrogens with one attached hydrogen (secondary N) is 1. The predicted octanol–water partition coefficient (Wildman–Crippen LogP) is 4.33. The summed E-state index contributed by atoms with van der Waals surface area (Å²) in [7, 11) is 0. The van der Waals surface area contributed by atoms with Crippen molar-refractivity contribution in [2.45, 2.75) is 40.7 Å². The number of rotatable bonds is 9. The molecule has 1 aliphatic heterocycles. The molecule has 1 aromatic heterocycles. The number of ketones is 1. The van der Waals surface area contributed by atoms with Crippen molar-refractivity contribution in [3.05, 3.63) is 62.4 Å². The Balaban J connectivity index is 2.16. The molecular weight excluding hydrogens is 514 g/mol. The maximum atomic E-state index is 13.3. The average molecular weight is 546 g/mol. The minimum atomic E-state index is -0.751. The number of amides is 1. The lowest BCUT2D eigenvalue weighted by atomic mass is 9.94. The average Bonchev–Trinajstić information content (AvgIpc) is 3.27. The van der Waals surface area contributed by atoms with E-state index in [0.717, 1.165) is 17.6 Å². The number of hydrogen-bond acceptors (Lipinski definition) is 6. The molecule has 0 aliphatic carbocycles. The van der Waals surface area contributed by atoms with E-state index in [0.29, 0.717) is 35.5 Å². The molecule has 2 aromatic rings. The van der Waals surface area contributed by atoms with Gasteiger partial charge in [-0.2, -0.15) is 0 Å². The second-order valence-corrected chi connectivity index (χ2v) is 9.33. The first kappa shape index (κ1) is 26.7. The molecule has 3 rings (SSSR count). The Morgan fingerprint density at radius 1 is 1.14 bits per heavy atom. The first-order valence-electron chi connectivity index (χ1n) is 11.8. The quantitative estimate of drug-likeness (QED) is 0.210. The Bertz CT molecular complexity index is 1150. The zero-order chi connectivity index (χ0) is 25.9. The van der Waals surface area contributed by atoms with Crippen LogP contribution in [0.1, 0.15) is 59.7 Å². The fraction of sp³-hybridized carbons (Fsp3) is 0.423. The molecule has 0 radical (unpaired) electrons. The van der Waals surface area contributed by atoms with Gasteiger partial charge < -0.3 is 24.6 Å². The van der Waals surface area contributed by atoms with Gasteiger partial charge in [-0.1, -0.05) is 41.9 Å². The molecule has 188 valence electrons. The number of aromatic nitrogens is 1. The highest BCUT2D eigenvalue weighted by molar-refractivity contribution is 9.10. The lowest BCUT2D eigenvalue weighted by Crippen LogP contribution is -2.38. The van der Waals surface area contributed by atoms with Crippen molar-refractivity contribution < 1.29 is 24.2 Å². The fourth-order valence-electron chi connectivity index (χ4n) is 4.54. The Morgan fingerprint density at radius 2 is 1.77 bits per heavy atom. The van der Waals surface area contributed by atoms with Crippen molar-refractivity contribution in [3.8, 4) is 0 Å². The van der Waals surface area contributed by atoms with Crippen LogP contribution < -0.4 is 0 Å². The molecule has 1 atom stereocenters. The number of aliphatic hydroxyl groups is 1. The van der Waals surface area contributed by atoms with Crippen molar-refractivity contribution in [2.24, 2.45) is 0 Å². The largest absolute Gasteiger partial charge is 0.507 e. The minimum Gasteiger partial charge on any atom is -0.507 e. The number of carbonyl (C=O) groups excluding carboxylic acids is 3. The van der Waals surface area contributed by atoms with Crippen LogP contribution in [-0.2, 0) is 14.3 Å². The Morgan fingerprint density at radius 3 is 2.34 bits per heavy atom. The number of halogens is 1. The molecule has 9 heteroatoms. The van der Waals surface area contributed by atoms with Gasteiger partial charge in [0.15, 0.2) is 0 Å².